The molecule has 2 aliphatic heterocycles. The van der Waals surface area contributed by atoms with Gasteiger partial charge in [0.2, 0.25) is 0 Å². The van der Waals surface area contributed by atoms with Crippen molar-refractivity contribution >= 4 is 17.7 Å². The second-order valence-electron chi connectivity index (χ2n) is 6.13. The van der Waals surface area contributed by atoms with Crippen LogP contribution in [0.2, 0.25) is 0 Å². The van der Waals surface area contributed by atoms with Gasteiger partial charge in [0.1, 0.15) is 0 Å². The van der Waals surface area contributed by atoms with Gasteiger partial charge in [-0.2, -0.15) is 0 Å². The van der Waals surface area contributed by atoms with Crippen LogP contribution in [0.5, 0.6) is 0 Å². The molecule has 23 heavy (non-hydrogen) atoms. The molecular formula is C16H24N4O2S. The highest BCUT2D eigenvalue weighted by Crippen LogP contribution is 2.20. The van der Waals surface area contributed by atoms with Crippen LogP contribution in [0.3, 0.4) is 0 Å². The van der Waals surface area contributed by atoms with Gasteiger partial charge in [-0.25, -0.2) is 9.97 Å². The first-order valence-electron chi connectivity index (χ1n) is 8.21. The molecule has 6 nitrogen and oxygen atoms in total. The van der Waals surface area contributed by atoms with Crippen LogP contribution >= 0.6 is 11.8 Å². The smallest absolute Gasteiger partial charge is 0.257 e. The first kappa shape index (κ1) is 16.7. The van der Waals surface area contributed by atoms with Gasteiger partial charge < -0.3 is 9.64 Å². The number of carbonyl (C=O) groups excluding carboxylic acids is 1. The van der Waals surface area contributed by atoms with E-state index in [2.05, 4.69) is 14.9 Å². The fourth-order valence-electron chi connectivity index (χ4n) is 3.26. The van der Waals surface area contributed by atoms with Gasteiger partial charge in [-0.1, -0.05) is 11.8 Å². The lowest BCUT2D eigenvalue weighted by atomic mass is 9.96. The summed E-state index contributed by atoms with van der Waals surface area (Å²) < 4.78 is 5.40. The lowest BCUT2D eigenvalue weighted by molar-refractivity contribution is 0.0223. The topological polar surface area (TPSA) is 58.6 Å². The van der Waals surface area contributed by atoms with E-state index in [1.807, 2.05) is 11.2 Å². The molecule has 1 atom stereocenters. The predicted octanol–water partition coefficient (Wildman–Crippen LogP) is 1.38. The molecule has 1 aromatic heterocycles. The van der Waals surface area contributed by atoms with Gasteiger partial charge in [0.05, 0.1) is 18.8 Å². The van der Waals surface area contributed by atoms with E-state index in [0.717, 1.165) is 52.4 Å². The Kier molecular flexibility index (Phi) is 5.85. The van der Waals surface area contributed by atoms with Crippen LogP contribution in [0, 0.1) is 5.92 Å². The van der Waals surface area contributed by atoms with Crippen molar-refractivity contribution in [2.75, 3.05) is 52.2 Å². The number of ether oxygens (including phenoxy) is 1. The summed E-state index contributed by atoms with van der Waals surface area (Å²) in [6.07, 6.45) is 7.49. The third kappa shape index (κ3) is 4.43. The second kappa shape index (κ2) is 8.08. The number of piperidine rings is 1. The molecule has 0 aliphatic carbocycles. The zero-order chi connectivity index (χ0) is 16.1. The lowest BCUT2D eigenvalue weighted by Crippen LogP contribution is -2.46. The highest BCUT2D eigenvalue weighted by molar-refractivity contribution is 7.98. The molecule has 0 aromatic carbocycles. The van der Waals surface area contributed by atoms with Gasteiger partial charge in [0.25, 0.3) is 5.91 Å². The summed E-state index contributed by atoms with van der Waals surface area (Å²) in [5.74, 6) is 0.613. The van der Waals surface area contributed by atoms with E-state index in [1.165, 1.54) is 18.2 Å². The summed E-state index contributed by atoms with van der Waals surface area (Å²) >= 11 is 1.48. The standard InChI is InChI=1S/C16H24N4O2S/c1-23-16-17-9-14(10-18-16)15(21)20-4-2-3-13(12-20)11-19-5-7-22-8-6-19/h9-10,13H,2-8,11-12H2,1H3/t13-/m1/s1. The van der Waals surface area contributed by atoms with Crippen LogP contribution in [-0.4, -0.2) is 77.9 Å². The number of rotatable bonds is 4. The molecule has 0 unspecified atom stereocenters. The van der Waals surface area contributed by atoms with Gasteiger partial charge in [-0.3, -0.25) is 9.69 Å². The molecule has 1 aromatic rings. The minimum absolute atomic E-state index is 0.0596. The first-order chi connectivity index (χ1) is 11.3. The van der Waals surface area contributed by atoms with Crippen molar-refractivity contribution in [2.45, 2.75) is 18.0 Å². The molecular weight excluding hydrogens is 312 g/mol. The molecule has 0 bridgehead atoms. The van der Waals surface area contributed by atoms with Gasteiger partial charge in [-0.15, -0.1) is 0 Å². The Labute approximate surface area is 141 Å². The third-order valence-electron chi connectivity index (χ3n) is 4.48. The monoisotopic (exact) mass is 336 g/mol. The van der Waals surface area contributed by atoms with Gasteiger partial charge >= 0.3 is 0 Å². The fourth-order valence-corrected chi connectivity index (χ4v) is 3.58. The Morgan fingerprint density at radius 2 is 2.04 bits per heavy atom. The molecule has 7 heteroatoms. The van der Waals surface area contributed by atoms with Crippen LogP contribution in [0.25, 0.3) is 0 Å². The van der Waals surface area contributed by atoms with Crippen LogP contribution in [-0.2, 0) is 4.74 Å². The number of aromatic nitrogens is 2. The maximum atomic E-state index is 12.6. The zero-order valence-electron chi connectivity index (χ0n) is 13.6. The minimum Gasteiger partial charge on any atom is -0.379 e. The molecule has 2 saturated heterocycles. The van der Waals surface area contributed by atoms with Gasteiger partial charge in [0, 0.05) is 45.1 Å². The largest absolute Gasteiger partial charge is 0.379 e. The average Bonchev–Trinajstić information content (AvgIpc) is 2.62. The molecule has 2 fully saturated rings. The highest BCUT2D eigenvalue weighted by atomic mass is 32.2. The van der Waals surface area contributed by atoms with Crippen molar-refractivity contribution in [1.29, 1.82) is 0 Å². The third-order valence-corrected chi connectivity index (χ3v) is 5.06. The van der Waals surface area contributed by atoms with Crippen molar-refractivity contribution in [3.05, 3.63) is 18.0 Å². The van der Waals surface area contributed by atoms with E-state index < -0.39 is 0 Å². The lowest BCUT2D eigenvalue weighted by Gasteiger charge is -2.36. The number of likely N-dealkylation sites (tertiary alicyclic amines) is 1. The quantitative estimate of drug-likeness (QED) is 0.612. The summed E-state index contributed by atoms with van der Waals surface area (Å²) in [5.41, 5.74) is 0.592. The van der Waals surface area contributed by atoms with Crippen molar-refractivity contribution in [3.63, 3.8) is 0 Å². The highest BCUT2D eigenvalue weighted by Gasteiger charge is 2.26. The number of amides is 1. The van der Waals surface area contributed by atoms with E-state index in [9.17, 15) is 4.79 Å². The van der Waals surface area contributed by atoms with Crippen LogP contribution in [0.15, 0.2) is 17.6 Å². The molecule has 3 rings (SSSR count). The summed E-state index contributed by atoms with van der Waals surface area (Å²) in [6, 6.07) is 0. The van der Waals surface area contributed by atoms with E-state index in [1.54, 1.807) is 12.4 Å². The Morgan fingerprint density at radius 1 is 1.30 bits per heavy atom. The van der Waals surface area contributed by atoms with Crippen LogP contribution in [0.1, 0.15) is 23.2 Å². The number of morpholine rings is 1. The maximum absolute atomic E-state index is 12.6. The molecule has 1 amide bonds. The van der Waals surface area contributed by atoms with Crippen molar-refractivity contribution in [3.8, 4) is 0 Å². The molecule has 2 aliphatic rings. The predicted molar refractivity (Wildman–Crippen MR) is 89.7 cm³/mol. The van der Waals surface area contributed by atoms with E-state index in [4.69, 9.17) is 4.74 Å². The van der Waals surface area contributed by atoms with Crippen molar-refractivity contribution in [1.82, 2.24) is 19.8 Å². The number of carbonyl (C=O) groups is 1. The number of hydrogen-bond donors (Lipinski definition) is 0. The Morgan fingerprint density at radius 3 is 2.74 bits per heavy atom. The summed E-state index contributed by atoms with van der Waals surface area (Å²) in [7, 11) is 0. The Hall–Kier alpha value is -1.18. The molecule has 0 radical (unpaired) electrons. The van der Waals surface area contributed by atoms with E-state index in [0.29, 0.717) is 16.6 Å². The van der Waals surface area contributed by atoms with Crippen molar-refractivity contribution < 1.29 is 9.53 Å². The zero-order valence-corrected chi connectivity index (χ0v) is 14.4. The summed E-state index contributed by atoms with van der Waals surface area (Å²) in [5, 5.41) is 0.699. The minimum atomic E-state index is 0.0596. The van der Waals surface area contributed by atoms with Crippen LogP contribution < -0.4 is 0 Å². The number of hydrogen-bond acceptors (Lipinski definition) is 6. The maximum Gasteiger partial charge on any atom is 0.257 e. The molecule has 3 heterocycles. The average molecular weight is 336 g/mol. The Balaban J connectivity index is 1.57. The molecule has 0 saturated carbocycles. The van der Waals surface area contributed by atoms with Crippen LogP contribution in [0.4, 0.5) is 0 Å². The van der Waals surface area contributed by atoms with Gasteiger partial charge in [-0.05, 0) is 25.0 Å². The second-order valence-corrected chi connectivity index (χ2v) is 6.90. The Bertz CT molecular complexity index is 519. The molecule has 126 valence electrons. The number of thioether (sulfide) groups is 1. The fraction of sp³-hybridized carbons (Fsp3) is 0.688. The van der Waals surface area contributed by atoms with Gasteiger partial charge in [0.15, 0.2) is 5.16 Å². The SMILES string of the molecule is CSc1ncc(C(=O)N2CCC[C@H](CN3CCOCC3)C2)cn1. The van der Waals surface area contributed by atoms with E-state index >= 15 is 0 Å². The van der Waals surface area contributed by atoms with Crippen molar-refractivity contribution in [2.24, 2.45) is 5.92 Å². The summed E-state index contributed by atoms with van der Waals surface area (Å²) in [4.78, 5) is 25.5. The summed E-state index contributed by atoms with van der Waals surface area (Å²) in [6.45, 7) is 6.41. The molecule has 0 N–H and O–H groups in total. The first-order valence-corrected chi connectivity index (χ1v) is 9.44. The molecule has 0 spiro atoms. The van der Waals surface area contributed by atoms with E-state index in [-0.39, 0.29) is 5.91 Å². The normalized spacial score (nSPS) is 23.0. The number of nitrogens with zero attached hydrogens (tertiary/aromatic N) is 4.